The summed E-state index contributed by atoms with van der Waals surface area (Å²) in [6.07, 6.45) is 0. The number of amides is 1. The molecule has 8 heteroatoms. The van der Waals surface area contributed by atoms with Gasteiger partial charge in [-0.15, -0.1) is 10.2 Å². The van der Waals surface area contributed by atoms with E-state index in [2.05, 4.69) is 46.5 Å². The van der Waals surface area contributed by atoms with Crippen LogP contribution in [0.4, 0.5) is 10.3 Å². The average Bonchev–Trinajstić information content (AvgIpc) is 3.10. The van der Waals surface area contributed by atoms with Gasteiger partial charge < -0.3 is 4.90 Å². The number of carbonyl (C=O) groups excluding carboxylic acids is 1. The maximum absolute atomic E-state index is 12.1. The molecule has 0 aliphatic carbocycles. The molecule has 1 aromatic carbocycles. The van der Waals surface area contributed by atoms with Crippen LogP contribution in [0.1, 0.15) is 16.1 Å². The number of fused-ring (bicyclic) bond motifs is 1. The Labute approximate surface area is 142 Å². The van der Waals surface area contributed by atoms with Crippen LogP contribution in [0.5, 0.6) is 0 Å². The predicted octanol–water partition coefficient (Wildman–Crippen LogP) is 3.15. The third-order valence-electron chi connectivity index (χ3n) is 3.41. The Balaban J connectivity index is 1.75. The molecule has 0 radical (unpaired) electrons. The summed E-state index contributed by atoms with van der Waals surface area (Å²) < 4.78 is 1.17. The molecule has 2 aromatic heterocycles. The minimum absolute atomic E-state index is 0.128. The van der Waals surface area contributed by atoms with Gasteiger partial charge in [0.05, 0.1) is 16.8 Å². The number of anilines is 2. The second kappa shape index (κ2) is 6.21. The van der Waals surface area contributed by atoms with Crippen molar-refractivity contribution in [2.75, 3.05) is 23.8 Å². The number of hydrogen-bond donors (Lipinski definition) is 1. The number of carbonyl (C=O) groups is 1. The summed E-state index contributed by atoms with van der Waals surface area (Å²) in [6, 6.07) is 4.18. The van der Waals surface area contributed by atoms with Gasteiger partial charge in [0.25, 0.3) is 0 Å². The third kappa shape index (κ3) is 3.32. The van der Waals surface area contributed by atoms with Crippen LogP contribution in [0.3, 0.4) is 0 Å². The van der Waals surface area contributed by atoms with Crippen molar-refractivity contribution < 1.29 is 4.79 Å². The van der Waals surface area contributed by atoms with E-state index in [9.17, 15) is 4.79 Å². The van der Waals surface area contributed by atoms with Gasteiger partial charge >= 0.3 is 0 Å². The van der Waals surface area contributed by atoms with Crippen LogP contribution < -0.4 is 10.2 Å². The van der Waals surface area contributed by atoms with Gasteiger partial charge in [0.1, 0.15) is 5.01 Å². The molecule has 2 heterocycles. The standard InChI is InChI=1S/C15H17N5OS2/c1-8-5-6-9(2)13-12(8)17-15(23-13)20(4)7-11(21)16-14-19-18-10(3)22-14/h5-6H,7H2,1-4H3,(H,16,19,21). The molecule has 23 heavy (non-hydrogen) atoms. The number of aromatic nitrogens is 3. The quantitative estimate of drug-likeness (QED) is 0.785. The molecular formula is C15H17N5OS2. The molecule has 0 fully saturated rings. The summed E-state index contributed by atoms with van der Waals surface area (Å²) in [6.45, 7) is 6.20. The van der Waals surface area contributed by atoms with Crippen LogP contribution in [-0.4, -0.2) is 34.7 Å². The van der Waals surface area contributed by atoms with Crippen molar-refractivity contribution in [3.05, 3.63) is 28.3 Å². The molecule has 0 unspecified atom stereocenters. The topological polar surface area (TPSA) is 71.0 Å². The molecule has 6 nitrogen and oxygen atoms in total. The molecule has 0 saturated heterocycles. The highest BCUT2D eigenvalue weighted by atomic mass is 32.1. The summed E-state index contributed by atoms with van der Waals surface area (Å²) in [5.74, 6) is -0.128. The normalized spacial score (nSPS) is 11.0. The highest BCUT2D eigenvalue weighted by Crippen LogP contribution is 2.32. The summed E-state index contributed by atoms with van der Waals surface area (Å²) in [5.41, 5.74) is 3.36. The van der Waals surface area contributed by atoms with Gasteiger partial charge in [0.15, 0.2) is 5.13 Å². The fraction of sp³-hybridized carbons (Fsp3) is 0.333. The molecule has 0 spiro atoms. The third-order valence-corrected chi connectivity index (χ3v) is 5.47. The van der Waals surface area contributed by atoms with Crippen LogP contribution >= 0.6 is 22.7 Å². The van der Waals surface area contributed by atoms with Gasteiger partial charge in [-0.25, -0.2) is 4.98 Å². The van der Waals surface area contributed by atoms with E-state index < -0.39 is 0 Å². The van der Waals surface area contributed by atoms with Gasteiger partial charge in [-0.2, -0.15) is 0 Å². The lowest BCUT2D eigenvalue weighted by Crippen LogP contribution is -2.29. The Morgan fingerprint density at radius 1 is 1.17 bits per heavy atom. The van der Waals surface area contributed by atoms with E-state index in [-0.39, 0.29) is 12.5 Å². The number of hydrogen-bond acceptors (Lipinski definition) is 7. The van der Waals surface area contributed by atoms with E-state index in [1.165, 1.54) is 21.6 Å². The first kappa shape index (κ1) is 15.8. The molecular weight excluding hydrogens is 330 g/mol. The van der Waals surface area contributed by atoms with Crippen molar-refractivity contribution in [1.82, 2.24) is 15.2 Å². The van der Waals surface area contributed by atoms with Crippen LogP contribution in [0.25, 0.3) is 10.2 Å². The number of likely N-dealkylation sites (N-methyl/N-ethyl adjacent to an activating group) is 1. The molecule has 0 aliphatic heterocycles. The Hall–Kier alpha value is -2.06. The fourth-order valence-electron chi connectivity index (χ4n) is 2.20. The van der Waals surface area contributed by atoms with Gasteiger partial charge in [-0.05, 0) is 31.9 Å². The molecule has 1 amide bonds. The van der Waals surface area contributed by atoms with E-state index in [1.807, 2.05) is 18.9 Å². The Bertz CT molecular complexity index is 831. The summed E-state index contributed by atoms with van der Waals surface area (Å²) in [7, 11) is 1.87. The van der Waals surface area contributed by atoms with Crippen molar-refractivity contribution in [1.29, 1.82) is 0 Å². The maximum Gasteiger partial charge on any atom is 0.245 e. The van der Waals surface area contributed by atoms with E-state index in [0.717, 1.165) is 21.2 Å². The minimum atomic E-state index is -0.128. The van der Waals surface area contributed by atoms with E-state index in [1.54, 1.807) is 11.3 Å². The first-order valence-corrected chi connectivity index (χ1v) is 8.75. The molecule has 120 valence electrons. The Morgan fingerprint density at radius 2 is 1.91 bits per heavy atom. The number of nitrogens with zero attached hydrogens (tertiary/aromatic N) is 4. The fourth-order valence-corrected chi connectivity index (χ4v) is 3.88. The smallest absolute Gasteiger partial charge is 0.245 e. The number of thiazole rings is 1. The molecule has 0 aliphatic rings. The molecule has 3 aromatic rings. The first-order chi connectivity index (χ1) is 10.9. The zero-order chi connectivity index (χ0) is 16.6. The summed E-state index contributed by atoms with van der Waals surface area (Å²) >= 11 is 2.97. The van der Waals surface area contributed by atoms with E-state index in [0.29, 0.717) is 5.13 Å². The maximum atomic E-state index is 12.1. The largest absolute Gasteiger partial charge is 0.342 e. The van der Waals surface area contributed by atoms with Crippen LogP contribution in [-0.2, 0) is 4.79 Å². The summed E-state index contributed by atoms with van der Waals surface area (Å²) in [5, 5.41) is 12.7. The molecule has 1 N–H and O–H groups in total. The Kier molecular flexibility index (Phi) is 4.27. The monoisotopic (exact) mass is 347 g/mol. The van der Waals surface area contributed by atoms with Crippen molar-refractivity contribution in [2.24, 2.45) is 0 Å². The van der Waals surface area contributed by atoms with Gasteiger partial charge in [0.2, 0.25) is 11.0 Å². The Morgan fingerprint density at radius 3 is 2.57 bits per heavy atom. The van der Waals surface area contributed by atoms with E-state index in [4.69, 9.17) is 0 Å². The minimum Gasteiger partial charge on any atom is -0.342 e. The second-order valence-corrected chi connectivity index (χ2v) is 7.56. The lowest BCUT2D eigenvalue weighted by atomic mass is 10.1. The number of rotatable bonds is 4. The molecule has 0 saturated carbocycles. The van der Waals surface area contributed by atoms with Crippen molar-refractivity contribution in [2.45, 2.75) is 20.8 Å². The van der Waals surface area contributed by atoms with Gasteiger partial charge in [-0.3, -0.25) is 10.1 Å². The van der Waals surface area contributed by atoms with Crippen molar-refractivity contribution >= 4 is 49.1 Å². The first-order valence-electron chi connectivity index (χ1n) is 7.12. The zero-order valence-corrected chi connectivity index (χ0v) is 15.0. The number of nitrogens with one attached hydrogen (secondary N) is 1. The highest BCUT2D eigenvalue weighted by molar-refractivity contribution is 7.22. The highest BCUT2D eigenvalue weighted by Gasteiger charge is 2.15. The average molecular weight is 347 g/mol. The van der Waals surface area contributed by atoms with Gasteiger partial charge in [-0.1, -0.05) is 34.8 Å². The lowest BCUT2D eigenvalue weighted by Gasteiger charge is -2.14. The molecule has 0 bridgehead atoms. The van der Waals surface area contributed by atoms with Crippen molar-refractivity contribution in [3.63, 3.8) is 0 Å². The summed E-state index contributed by atoms with van der Waals surface area (Å²) in [4.78, 5) is 18.6. The molecule has 3 rings (SSSR count). The van der Waals surface area contributed by atoms with Crippen LogP contribution in [0.2, 0.25) is 0 Å². The van der Waals surface area contributed by atoms with Crippen LogP contribution in [0.15, 0.2) is 12.1 Å². The number of aryl methyl sites for hydroxylation is 3. The predicted molar refractivity (Wildman–Crippen MR) is 95.6 cm³/mol. The number of benzene rings is 1. The van der Waals surface area contributed by atoms with Gasteiger partial charge in [0, 0.05) is 7.05 Å². The second-order valence-electron chi connectivity index (χ2n) is 5.40. The zero-order valence-electron chi connectivity index (χ0n) is 13.4. The lowest BCUT2D eigenvalue weighted by molar-refractivity contribution is -0.114. The SMILES string of the molecule is Cc1nnc(NC(=O)CN(C)c2nc3c(C)ccc(C)c3s2)s1. The van der Waals surface area contributed by atoms with E-state index >= 15 is 0 Å². The van der Waals surface area contributed by atoms with Crippen LogP contribution in [0, 0.1) is 20.8 Å². The van der Waals surface area contributed by atoms with Crippen molar-refractivity contribution in [3.8, 4) is 0 Å². The molecule has 0 atom stereocenters.